The van der Waals surface area contributed by atoms with Gasteiger partial charge in [0.2, 0.25) is 0 Å². The fourth-order valence-corrected chi connectivity index (χ4v) is 3.93. The van der Waals surface area contributed by atoms with E-state index < -0.39 is 0 Å². The normalized spacial score (nSPS) is 20.9. The first kappa shape index (κ1) is 14.3. The Bertz CT molecular complexity index is 538. The van der Waals surface area contributed by atoms with Crippen molar-refractivity contribution in [3.63, 3.8) is 0 Å². The number of rotatable bonds is 3. The van der Waals surface area contributed by atoms with E-state index in [2.05, 4.69) is 4.90 Å². The van der Waals surface area contributed by atoms with Crippen molar-refractivity contribution in [1.29, 1.82) is 0 Å². The Balaban J connectivity index is 1.88. The summed E-state index contributed by atoms with van der Waals surface area (Å²) in [7, 11) is 0. The molecule has 1 aliphatic carbocycles. The summed E-state index contributed by atoms with van der Waals surface area (Å²) in [5, 5.41) is 20.6. The van der Waals surface area contributed by atoms with E-state index in [4.69, 9.17) is 0 Å². The number of aliphatic hydroxyl groups is 1. The molecule has 1 spiro atoms. The first-order valence-corrected chi connectivity index (χ1v) is 7.77. The number of hydrogen-bond acceptors (Lipinski definition) is 4. The Kier molecular flexibility index (Phi) is 3.85. The van der Waals surface area contributed by atoms with Crippen LogP contribution in [0.5, 0.6) is 0 Å². The lowest BCUT2D eigenvalue weighted by Gasteiger charge is -2.33. The van der Waals surface area contributed by atoms with Gasteiger partial charge in [0.05, 0.1) is 11.5 Å². The van der Waals surface area contributed by atoms with Crippen molar-refractivity contribution in [2.75, 3.05) is 18.0 Å². The molecule has 0 atom stereocenters. The largest absolute Gasteiger partial charge is 0.392 e. The SMILES string of the molecule is O=[N+]([O-])c1ccc(CO)cc1N1CCC2(CCCCC2)C1. The van der Waals surface area contributed by atoms with Gasteiger partial charge in [-0.05, 0) is 42.4 Å². The second-order valence-corrected chi connectivity index (χ2v) is 6.47. The highest BCUT2D eigenvalue weighted by molar-refractivity contribution is 5.65. The summed E-state index contributed by atoms with van der Waals surface area (Å²) in [6.45, 7) is 1.72. The van der Waals surface area contributed by atoms with Gasteiger partial charge in [-0.1, -0.05) is 19.3 Å². The van der Waals surface area contributed by atoms with Gasteiger partial charge in [0.25, 0.3) is 5.69 Å². The molecule has 0 bridgehead atoms. The standard InChI is InChI=1S/C16H22N2O3/c19-11-13-4-5-14(18(20)21)15(10-13)17-9-8-16(12-17)6-2-1-3-7-16/h4-5,10,19H,1-3,6-9,11-12H2. The number of anilines is 1. The highest BCUT2D eigenvalue weighted by Gasteiger charge is 2.40. The molecule has 1 aliphatic heterocycles. The molecule has 114 valence electrons. The maximum atomic E-state index is 11.3. The molecular formula is C16H22N2O3. The number of nitro benzene ring substituents is 1. The maximum absolute atomic E-state index is 11.3. The van der Waals surface area contributed by atoms with Gasteiger partial charge in [0, 0.05) is 19.2 Å². The molecule has 1 heterocycles. The van der Waals surface area contributed by atoms with Gasteiger partial charge in [-0.2, -0.15) is 0 Å². The molecule has 5 nitrogen and oxygen atoms in total. The predicted octanol–water partition coefficient (Wildman–Crippen LogP) is 3.25. The first-order chi connectivity index (χ1) is 10.1. The summed E-state index contributed by atoms with van der Waals surface area (Å²) in [5.41, 5.74) is 1.93. The van der Waals surface area contributed by atoms with E-state index in [1.807, 2.05) is 0 Å². The van der Waals surface area contributed by atoms with E-state index in [1.54, 1.807) is 12.1 Å². The van der Waals surface area contributed by atoms with E-state index in [-0.39, 0.29) is 17.2 Å². The Morgan fingerprint density at radius 3 is 2.67 bits per heavy atom. The molecule has 1 aromatic rings. The average molecular weight is 290 g/mol. The lowest BCUT2D eigenvalue weighted by Crippen LogP contribution is -2.29. The van der Waals surface area contributed by atoms with Crippen molar-refractivity contribution in [3.8, 4) is 0 Å². The molecular weight excluding hydrogens is 268 g/mol. The fraction of sp³-hybridized carbons (Fsp3) is 0.625. The highest BCUT2D eigenvalue weighted by atomic mass is 16.6. The molecule has 1 saturated heterocycles. The van der Waals surface area contributed by atoms with Crippen molar-refractivity contribution in [2.45, 2.75) is 45.1 Å². The second kappa shape index (κ2) is 5.64. The first-order valence-electron chi connectivity index (χ1n) is 7.77. The Labute approximate surface area is 124 Å². The second-order valence-electron chi connectivity index (χ2n) is 6.47. The molecule has 5 heteroatoms. The number of nitro groups is 1. The van der Waals surface area contributed by atoms with Crippen LogP contribution in [0.4, 0.5) is 11.4 Å². The summed E-state index contributed by atoms with van der Waals surface area (Å²) in [4.78, 5) is 13.1. The molecule has 2 aliphatic rings. The number of aliphatic hydroxyl groups excluding tert-OH is 1. The summed E-state index contributed by atoms with van der Waals surface area (Å²) in [6.07, 6.45) is 7.52. The van der Waals surface area contributed by atoms with Gasteiger partial charge in [0.15, 0.2) is 0 Å². The van der Waals surface area contributed by atoms with Crippen LogP contribution >= 0.6 is 0 Å². The van der Waals surface area contributed by atoms with Crippen molar-refractivity contribution in [1.82, 2.24) is 0 Å². The molecule has 0 amide bonds. The number of benzene rings is 1. The molecule has 21 heavy (non-hydrogen) atoms. The van der Waals surface area contributed by atoms with Crippen LogP contribution in [0.1, 0.15) is 44.1 Å². The van der Waals surface area contributed by atoms with Gasteiger partial charge in [-0.3, -0.25) is 10.1 Å². The summed E-state index contributed by atoms with van der Waals surface area (Å²) in [5.74, 6) is 0. The van der Waals surface area contributed by atoms with Gasteiger partial charge in [-0.15, -0.1) is 0 Å². The van der Waals surface area contributed by atoms with Gasteiger partial charge in [0.1, 0.15) is 5.69 Å². The molecule has 2 fully saturated rings. The topological polar surface area (TPSA) is 66.6 Å². The minimum Gasteiger partial charge on any atom is -0.392 e. The lowest BCUT2D eigenvalue weighted by atomic mass is 9.73. The van der Waals surface area contributed by atoms with Gasteiger partial charge in [-0.25, -0.2) is 0 Å². The third-order valence-corrected chi connectivity index (χ3v) is 5.11. The smallest absolute Gasteiger partial charge is 0.292 e. The molecule has 0 aromatic heterocycles. The molecule has 3 rings (SSSR count). The quantitative estimate of drug-likeness (QED) is 0.685. The third-order valence-electron chi connectivity index (χ3n) is 5.11. The van der Waals surface area contributed by atoms with Gasteiger partial charge >= 0.3 is 0 Å². The molecule has 1 aromatic carbocycles. The van der Waals surface area contributed by atoms with Crippen molar-refractivity contribution < 1.29 is 10.0 Å². The molecule has 1 N–H and O–H groups in total. The van der Waals surface area contributed by atoms with E-state index in [9.17, 15) is 15.2 Å². The number of nitrogens with zero attached hydrogens (tertiary/aromatic N) is 2. The van der Waals surface area contributed by atoms with Crippen LogP contribution in [0.25, 0.3) is 0 Å². The highest BCUT2D eigenvalue weighted by Crippen LogP contribution is 2.46. The maximum Gasteiger partial charge on any atom is 0.292 e. The Morgan fingerprint density at radius 2 is 2.00 bits per heavy atom. The monoisotopic (exact) mass is 290 g/mol. The zero-order valence-corrected chi connectivity index (χ0v) is 12.3. The average Bonchev–Trinajstić information content (AvgIpc) is 2.90. The van der Waals surface area contributed by atoms with Crippen molar-refractivity contribution in [2.24, 2.45) is 5.41 Å². The minimum absolute atomic E-state index is 0.0794. The van der Waals surface area contributed by atoms with Crippen LogP contribution in [0.2, 0.25) is 0 Å². The predicted molar refractivity (Wildman–Crippen MR) is 81.4 cm³/mol. The number of hydrogen-bond donors (Lipinski definition) is 1. The third kappa shape index (κ3) is 2.75. The Morgan fingerprint density at radius 1 is 1.24 bits per heavy atom. The minimum atomic E-state index is -0.317. The van der Waals surface area contributed by atoms with E-state index in [0.29, 0.717) is 11.1 Å². The summed E-state index contributed by atoms with van der Waals surface area (Å²) in [6, 6.07) is 4.93. The molecule has 0 radical (unpaired) electrons. The van der Waals surface area contributed by atoms with Crippen LogP contribution in [0.3, 0.4) is 0 Å². The molecule has 0 unspecified atom stereocenters. The van der Waals surface area contributed by atoms with Gasteiger partial charge < -0.3 is 10.0 Å². The van der Waals surface area contributed by atoms with Crippen LogP contribution in [-0.2, 0) is 6.61 Å². The van der Waals surface area contributed by atoms with Crippen LogP contribution in [0.15, 0.2) is 18.2 Å². The van der Waals surface area contributed by atoms with E-state index in [1.165, 1.54) is 38.2 Å². The summed E-state index contributed by atoms with van der Waals surface area (Å²) < 4.78 is 0. The summed E-state index contributed by atoms with van der Waals surface area (Å²) >= 11 is 0. The van der Waals surface area contributed by atoms with Crippen LogP contribution < -0.4 is 4.90 Å². The Hall–Kier alpha value is -1.62. The van der Waals surface area contributed by atoms with E-state index >= 15 is 0 Å². The van der Waals surface area contributed by atoms with Crippen molar-refractivity contribution in [3.05, 3.63) is 33.9 Å². The van der Waals surface area contributed by atoms with Crippen molar-refractivity contribution >= 4 is 11.4 Å². The zero-order chi connectivity index (χ0) is 14.9. The molecule has 1 saturated carbocycles. The zero-order valence-electron chi connectivity index (χ0n) is 12.3. The lowest BCUT2D eigenvalue weighted by molar-refractivity contribution is -0.384. The van der Waals surface area contributed by atoms with E-state index in [0.717, 1.165) is 25.1 Å². The fourth-order valence-electron chi connectivity index (χ4n) is 3.93. The van der Waals surface area contributed by atoms with Crippen LogP contribution in [0, 0.1) is 15.5 Å². The van der Waals surface area contributed by atoms with Crippen LogP contribution in [-0.4, -0.2) is 23.1 Å².